The predicted octanol–water partition coefficient (Wildman–Crippen LogP) is 0.766. The fourth-order valence-electron chi connectivity index (χ4n) is 1.85. The van der Waals surface area contributed by atoms with Crippen LogP contribution in [-0.4, -0.2) is 30.4 Å². The lowest BCUT2D eigenvalue weighted by Crippen LogP contribution is -2.23. The molecule has 0 atom stereocenters. The lowest BCUT2D eigenvalue weighted by Gasteiger charge is -2.09. The molecule has 0 aliphatic rings. The van der Waals surface area contributed by atoms with Gasteiger partial charge in [-0.1, -0.05) is 0 Å². The molecule has 1 aromatic heterocycles. The predicted molar refractivity (Wildman–Crippen MR) is 66.2 cm³/mol. The van der Waals surface area contributed by atoms with Gasteiger partial charge in [0.15, 0.2) is 0 Å². The molecule has 0 aliphatic carbocycles. The largest absolute Gasteiger partial charge is 0.543 e. The van der Waals surface area contributed by atoms with Crippen molar-refractivity contribution < 1.29 is 19.4 Å². The maximum absolute atomic E-state index is 10.9. The van der Waals surface area contributed by atoms with Gasteiger partial charge in [0.25, 0.3) is 0 Å². The van der Waals surface area contributed by atoms with Crippen LogP contribution < -0.4 is 14.6 Å². The number of carboxylic acid groups (broad SMARTS) is 1. The molecule has 6 nitrogen and oxygen atoms in total. The molecule has 100 valence electrons. The van der Waals surface area contributed by atoms with E-state index in [9.17, 15) is 9.90 Å². The van der Waals surface area contributed by atoms with Crippen LogP contribution >= 0.6 is 0 Å². The Kier molecular flexibility index (Phi) is 3.41. The van der Waals surface area contributed by atoms with Crippen LogP contribution in [0.3, 0.4) is 0 Å². The Morgan fingerprint density at radius 1 is 1.32 bits per heavy atom. The van der Waals surface area contributed by atoms with Crippen LogP contribution in [0.2, 0.25) is 0 Å². The number of rotatable bonds is 4. The third kappa shape index (κ3) is 2.24. The molecule has 1 heterocycles. The molecule has 2 aromatic rings. The number of carbonyl (C=O) groups is 1. The van der Waals surface area contributed by atoms with E-state index in [1.165, 1.54) is 7.11 Å². The topological polar surface area (TPSA) is 87.3 Å². The maximum atomic E-state index is 10.9. The summed E-state index contributed by atoms with van der Waals surface area (Å²) < 4.78 is 10.4. The molecule has 2 rings (SSSR count). The number of aromatic amines is 1. The van der Waals surface area contributed by atoms with E-state index in [-0.39, 0.29) is 5.69 Å². The van der Waals surface area contributed by atoms with Crippen molar-refractivity contribution >= 4 is 5.97 Å². The van der Waals surface area contributed by atoms with Crippen molar-refractivity contribution in [2.45, 2.75) is 6.92 Å². The number of nitrogens with one attached hydrogen (secondary N) is 1. The zero-order chi connectivity index (χ0) is 14.0. The van der Waals surface area contributed by atoms with Gasteiger partial charge in [-0.2, -0.15) is 5.10 Å². The van der Waals surface area contributed by atoms with Crippen LogP contribution in [0, 0.1) is 6.92 Å². The number of aromatic carboxylic acids is 1. The number of carbonyl (C=O) groups excluding carboxylic acids is 1. The van der Waals surface area contributed by atoms with Crippen LogP contribution in [0.15, 0.2) is 18.2 Å². The van der Waals surface area contributed by atoms with E-state index >= 15 is 0 Å². The molecule has 0 fully saturated rings. The monoisotopic (exact) mass is 261 g/mol. The maximum Gasteiger partial charge on any atom is 0.132 e. The fraction of sp³-hybridized carbons (Fsp3) is 0.231. The summed E-state index contributed by atoms with van der Waals surface area (Å²) in [7, 11) is 3.09. The second kappa shape index (κ2) is 5.01. The normalized spacial score (nSPS) is 10.3. The van der Waals surface area contributed by atoms with Crippen LogP contribution in [0.4, 0.5) is 0 Å². The van der Waals surface area contributed by atoms with E-state index < -0.39 is 5.97 Å². The van der Waals surface area contributed by atoms with Crippen molar-refractivity contribution in [2.75, 3.05) is 14.2 Å². The molecule has 0 saturated heterocycles. The van der Waals surface area contributed by atoms with E-state index in [4.69, 9.17) is 9.47 Å². The number of ether oxygens (including phenoxy) is 2. The van der Waals surface area contributed by atoms with Crippen molar-refractivity contribution in [3.63, 3.8) is 0 Å². The first-order chi connectivity index (χ1) is 9.08. The molecule has 0 spiro atoms. The van der Waals surface area contributed by atoms with Crippen LogP contribution in [0.5, 0.6) is 11.5 Å². The SMILES string of the molecule is COc1ccc(-c2n[nH]c(C(=O)[O-])c2C)c(OC)c1. The van der Waals surface area contributed by atoms with Crippen LogP contribution in [-0.2, 0) is 0 Å². The molecule has 19 heavy (non-hydrogen) atoms. The molecule has 0 saturated carbocycles. The smallest absolute Gasteiger partial charge is 0.132 e. The zero-order valence-electron chi connectivity index (χ0n) is 10.8. The summed E-state index contributed by atoms with van der Waals surface area (Å²) in [5, 5.41) is 17.3. The highest BCUT2D eigenvalue weighted by Gasteiger charge is 2.15. The van der Waals surface area contributed by atoms with Gasteiger partial charge in [-0.05, 0) is 19.1 Å². The average molecular weight is 261 g/mol. The highest BCUT2D eigenvalue weighted by molar-refractivity contribution is 5.88. The molecule has 0 radical (unpaired) electrons. The Hall–Kier alpha value is -2.50. The quantitative estimate of drug-likeness (QED) is 0.878. The number of carboxylic acids is 1. The van der Waals surface area contributed by atoms with Crippen molar-refractivity contribution in [3.8, 4) is 22.8 Å². The molecule has 1 N–H and O–H groups in total. The number of H-pyrrole nitrogens is 1. The Morgan fingerprint density at radius 2 is 2.05 bits per heavy atom. The van der Waals surface area contributed by atoms with Crippen molar-refractivity contribution in [3.05, 3.63) is 29.5 Å². The number of aromatic nitrogens is 2. The number of benzene rings is 1. The fourth-order valence-corrected chi connectivity index (χ4v) is 1.85. The highest BCUT2D eigenvalue weighted by Crippen LogP contribution is 2.34. The third-order valence-electron chi connectivity index (χ3n) is 2.88. The number of nitrogens with zero attached hydrogens (tertiary/aromatic N) is 1. The Balaban J connectivity index is 2.55. The Labute approximate surface area is 110 Å². The molecule has 0 bridgehead atoms. The standard InChI is InChI=1S/C13H14N2O4/c1-7-11(14-15-12(7)13(16)17)9-5-4-8(18-2)6-10(9)19-3/h4-6H,1-3H3,(H,14,15)(H,16,17)/p-1. The summed E-state index contributed by atoms with van der Waals surface area (Å²) in [6.45, 7) is 1.66. The minimum Gasteiger partial charge on any atom is -0.543 e. The van der Waals surface area contributed by atoms with E-state index in [0.29, 0.717) is 28.3 Å². The summed E-state index contributed by atoms with van der Waals surface area (Å²) in [4.78, 5) is 10.9. The summed E-state index contributed by atoms with van der Waals surface area (Å²) in [6.07, 6.45) is 0. The first kappa shape index (κ1) is 12.9. The minimum atomic E-state index is -1.29. The van der Waals surface area contributed by atoms with Gasteiger partial charge in [-0.3, -0.25) is 5.10 Å². The van der Waals surface area contributed by atoms with Crippen molar-refractivity contribution in [2.24, 2.45) is 0 Å². The van der Waals surface area contributed by atoms with Gasteiger partial charge in [0.2, 0.25) is 0 Å². The summed E-state index contributed by atoms with van der Waals surface area (Å²) in [6, 6.07) is 5.23. The van der Waals surface area contributed by atoms with E-state index in [1.54, 1.807) is 32.2 Å². The number of hydrogen-bond acceptors (Lipinski definition) is 5. The average Bonchev–Trinajstić information content (AvgIpc) is 2.79. The highest BCUT2D eigenvalue weighted by atomic mass is 16.5. The number of methoxy groups -OCH3 is 2. The van der Waals surface area contributed by atoms with Gasteiger partial charge < -0.3 is 19.4 Å². The molecule has 0 aliphatic heterocycles. The van der Waals surface area contributed by atoms with Gasteiger partial charge in [-0.25, -0.2) is 0 Å². The molecule has 6 heteroatoms. The molecular weight excluding hydrogens is 248 g/mol. The summed E-state index contributed by atoms with van der Waals surface area (Å²) in [5.41, 5.74) is 1.67. The van der Waals surface area contributed by atoms with Gasteiger partial charge in [0.05, 0.1) is 31.6 Å². The second-order valence-corrected chi connectivity index (χ2v) is 3.93. The van der Waals surface area contributed by atoms with Crippen molar-refractivity contribution in [1.82, 2.24) is 10.2 Å². The Bertz CT molecular complexity index is 619. The third-order valence-corrected chi connectivity index (χ3v) is 2.88. The second-order valence-electron chi connectivity index (χ2n) is 3.93. The molecule has 1 aromatic carbocycles. The molecule has 0 unspecified atom stereocenters. The van der Waals surface area contributed by atoms with E-state index in [1.807, 2.05) is 0 Å². The van der Waals surface area contributed by atoms with E-state index in [2.05, 4.69) is 10.2 Å². The van der Waals surface area contributed by atoms with Crippen molar-refractivity contribution in [1.29, 1.82) is 0 Å². The molecular formula is C13H13N2O4-. The summed E-state index contributed by atoms with van der Waals surface area (Å²) >= 11 is 0. The van der Waals surface area contributed by atoms with Crippen LogP contribution in [0.1, 0.15) is 16.1 Å². The van der Waals surface area contributed by atoms with Gasteiger partial charge in [0, 0.05) is 17.2 Å². The Morgan fingerprint density at radius 3 is 2.58 bits per heavy atom. The first-order valence-electron chi connectivity index (χ1n) is 5.57. The van der Waals surface area contributed by atoms with Gasteiger partial charge in [-0.15, -0.1) is 0 Å². The first-order valence-corrected chi connectivity index (χ1v) is 5.57. The lowest BCUT2D eigenvalue weighted by atomic mass is 10.1. The minimum absolute atomic E-state index is 0.0344. The molecule has 0 amide bonds. The number of hydrogen-bond donors (Lipinski definition) is 1. The zero-order valence-corrected chi connectivity index (χ0v) is 10.8. The van der Waals surface area contributed by atoms with E-state index in [0.717, 1.165) is 0 Å². The lowest BCUT2D eigenvalue weighted by molar-refractivity contribution is -0.255. The van der Waals surface area contributed by atoms with Gasteiger partial charge in [0.1, 0.15) is 11.5 Å². The summed E-state index contributed by atoms with van der Waals surface area (Å²) in [5.74, 6) is -0.0866. The van der Waals surface area contributed by atoms with Gasteiger partial charge >= 0.3 is 0 Å². The van der Waals surface area contributed by atoms with Crippen LogP contribution in [0.25, 0.3) is 11.3 Å².